The first-order valence-corrected chi connectivity index (χ1v) is 2.79. The molecule has 0 aromatic carbocycles. The van der Waals surface area contributed by atoms with E-state index >= 15 is 0 Å². The summed E-state index contributed by atoms with van der Waals surface area (Å²) in [7, 11) is 0. The van der Waals surface area contributed by atoms with Gasteiger partial charge in [-0.15, -0.1) is 0 Å². The summed E-state index contributed by atoms with van der Waals surface area (Å²) in [5.74, 6) is 0. The Hall–Kier alpha value is -0.780. The first-order valence-electron chi connectivity index (χ1n) is 2.79. The van der Waals surface area contributed by atoms with Gasteiger partial charge in [-0.3, -0.25) is 0 Å². The fourth-order valence-corrected chi connectivity index (χ4v) is 0.337. The van der Waals surface area contributed by atoms with Crippen LogP contribution in [0.3, 0.4) is 0 Å². The molecule has 0 heteroatoms. The van der Waals surface area contributed by atoms with Crippen molar-refractivity contribution in [3.05, 3.63) is 37.0 Å². The van der Waals surface area contributed by atoms with Crippen LogP contribution in [0.1, 0.15) is 13.3 Å². The Morgan fingerprint density at radius 1 is 1.62 bits per heavy atom. The Labute approximate surface area is 51.2 Å². The average Bonchev–Trinajstić information content (AvgIpc) is 1.83. The summed E-state index contributed by atoms with van der Waals surface area (Å²) < 4.78 is 0. The number of rotatable bonds is 3. The van der Waals surface area contributed by atoms with E-state index in [1.54, 1.807) is 6.08 Å². The highest BCUT2D eigenvalue weighted by Gasteiger charge is 1.72. The third-order valence-corrected chi connectivity index (χ3v) is 0.830. The summed E-state index contributed by atoms with van der Waals surface area (Å²) in [6.45, 7) is 9.36. The van der Waals surface area contributed by atoms with Crippen molar-refractivity contribution in [3.63, 3.8) is 0 Å². The molecule has 0 atom stereocenters. The third kappa shape index (κ3) is 3.41. The van der Waals surface area contributed by atoms with Crippen molar-refractivity contribution in [2.24, 2.45) is 0 Å². The van der Waals surface area contributed by atoms with Crippen LogP contribution in [0.15, 0.2) is 37.0 Å². The summed E-state index contributed by atoms with van der Waals surface area (Å²) in [4.78, 5) is 0. The van der Waals surface area contributed by atoms with Crippen LogP contribution in [-0.2, 0) is 0 Å². The summed E-state index contributed by atoms with van der Waals surface area (Å²) >= 11 is 0. The zero-order chi connectivity index (χ0) is 6.41. The van der Waals surface area contributed by atoms with Gasteiger partial charge in [-0.1, -0.05) is 38.3 Å². The number of hydrogen-bond acceptors (Lipinski definition) is 0. The molecule has 0 amide bonds. The maximum atomic E-state index is 3.71. The highest BCUT2D eigenvalue weighted by molar-refractivity contribution is 5.24. The first-order chi connectivity index (χ1) is 3.81. The van der Waals surface area contributed by atoms with Crippen molar-refractivity contribution >= 4 is 0 Å². The lowest BCUT2D eigenvalue weighted by atomic mass is 10.2. The molecule has 0 fully saturated rings. The highest BCUT2D eigenvalue weighted by Crippen LogP contribution is 1.93. The van der Waals surface area contributed by atoms with Gasteiger partial charge >= 0.3 is 0 Å². The van der Waals surface area contributed by atoms with Crippen molar-refractivity contribution < 1.29 is 0 Å². The van der Waals surface area contributed by atoms with E-state index in [0.29, 0.717) is 0 Å². The molecule has 0 rings (SSSR count). The smallest absolute Gasteiger partial charge is 0.0338 e. The molecule has 0 bridgehead atoms. The molecule has 0 heterocycles. The second kappa shape index (κ2) is 4.38. The Kier molecular flexibility index (Phi) is 3.95. The van der Waals surface area contributed by atoms with Gasteiger partial charge in [0, 0.05) is 0 Å². The van der Waals surface area contributed by atoms with Gasteiger partial charge in [0.05, 0.1) is 0 Å². The van der Waals surface area contributed by atoms with Crippen LogP contribution in [0.2, 0.25) is 0 Å². The molecule has 0 aromatic heterocycles. The zero-order valence-electron chi connectivity index (χ0n) is 5.35. The van der Waals surface area contributed by atoms with E-state index in [4.69, 9.17) is 0 Å². The molecule has 8 heavy (non-hydrogen) atoms. The predicted octanol–water partition coefficient (Wildman–Crippen LogP) is 2.69. The molecule has 0 nitrogen and oxygen atoms in total. The Morgan fingerprint density at radius 3 is 2.62 bits per heavy atom. The molecule has 0 aliphatic rings. The monoisotopic (exact) mass is 108 g/mol. The molecule has 0 aliphatic heterocycles. The molecule has 0 N–H and O–H groups in total. The van der Waals surface area contributed by atoms with Crippen molar-refractivity contribution in [2.45, 2.75) is 13.3 Å². The van der Waals surface area contributed by atoms with E-state index in [1.807, 2.05) is 6.08 Å². The summed E-state index contributed by atoms with van der Waals surface area (Å²) in [5.41, 5.74) is 0.979. The topological polar surface area (TPSA) is 0 Å². The molecule has 44 valence electrons. The lowest BCUT2D eigenvalue weighted by Crippen LogP contribution is -1.61. The second-order valence-electron chi connectivity index (χ2n) is 1.59. The maximum Gasteiger partial charge on any atom is -0.0338 e. The molecule has 0 saturated heterocycles. The Bertz CT molecular complexity index is 107. The molecular weight excluding hydrogens is 96.1 g/mol. The lowest BCUT2D eigenvalue weighted by Gasteiger charge is -1.82. The minimum atomic E-state index is 0.979. The van der Waals surface area contributed by atoms with Crippen LogP contribution < -0.4 is 0 Å². The van der Waals surface area contributed by atoms with Crippen LogP contribution in [0.4, 0.5) is 0 Å². The van der Waals surface area contributed by atoms with Gasteiger partial charge in [0.2, 0.25) is 0 Å². The van der Waals surface area contributed by atoms with Gasteiger partial charge in [0.15, 0.2) is 0 Å². The van der Waals surface area contributed by atoms with Gasteiger partial charge in [-0.25, -0.2) is 0 Å². The van der Waals surface area contributed by atoms with Crippen molar-refractivity contribution in [2.75, 3.05) is 0 Å². The minimum Gasteiger partial charge on any atom is -0.0985 e. The zero-order valence-corrected chi connectivity index (χ0v) is 5.35. The minimum absolute atomic E-state index is 0.979. The standard InChI is InChI=1S/C8H12/c1-4-6-7-8(3)5-2/h5-7H,2-4H2,1H3. The molecule has 0 aromatic rings. The van der Waals surface area contributed by atoms with Gasteiger partial charge in [-0.2, -0.15) is 0 Å². The summed E-state index contributed by atoms with van der Waals surface area (Å²) in [5, 5.41) is 0. The Balaban J connectivity index is 3.52. The summed E-state index contributed by atoms with van der Waals surface area (Å²) in [6.07, 6.45) is 6.83. The third-order valence-electron chi connectivity index (χ3n) is 0.830. The van der Waals surface area contributed by atoms with Crippen molar-refractivity contribution in [1.29, 1.82) is 0 Å². The van der Waals surface area contributed by atoms with Gasteiger partial charge < -0.3 is 0 Å². The normalized spacial score (nSPS) is 9.62. The van der Waals surface area contributed by atoms with E-state index in [9.17, 15) is 0 Å². The lowest BCUT2D eigenvalue weighted by molar-refractivity contribution is 1.22. The largest absolute Gasteiger partial charge is 0.0985 e. The Morgan fingerprint density at radius 2 is 2.25 bits per heavy atom. The molecule has 0 radical (unpaired) electrons. The van der Waals surface area contributed by atoms with Crippen molar-refractivity contribution in [1.82, 2.24) is 0 Å². The van der Waals surface area contributed by atoms with E-state index in [2.05, 4.69) is 26.2 Å². The first kappa shape index (κ1) is 7.22. The van der Waals surface area contributed by atoms with E-state index in [0.717, 1.165) is 12.0 Å². The van der Waals surface area contributed by atoms with Crippen LogP contribution in [0.25, 0.3) is 0 Å². The molecule has 0 saturated carbocycles. The summed E-state index contributed by atoms with van der Waals surface area (Å²) in [6, 6.07) is 0. The molecule has 0 aliphatic carbocycles. The van der Waals surface area contributed by atoms with Crippen LogP contribution in [0, 0.1) is 0 Å². The second-order valence-corrected chi connectivity index (χ2v) is 1.59. The van der Waals surface area contributed by atoms with Gasteiger partial charge in [0.25, 0.3) is 0 Å². The maximum absolute atomic E-state index is 3.71. The van der Waals surface area contributed by atoms with Crippen LogP contribution in [0.5, 0.6) is 0 Å². The van der Waals surface area contributed by atoms with E-state index < -0.39 is 0 Å². The number of hydrogen-bond donors (Lipinski definition) is 0. The average molecular weight is 108 g/mol. The number of allylic oxidation sites excluding steroid dienone is 4. The SMILES string of the molecule is C=CC(=C)C=CCC. The van der Waals surface area contributed by atoms with Crippen LogP contribution in [-0.4, -0.2) is 0 Å². The highest BCUT2D eigenvalue weighted by atomic mass is 13.8. The predicted molar refractivity (Wildman–Crippen MR) is 38.8 cm³/mol. The quantitative estimate of drug-likeness (QED) is 0.487. The fraction of sp³-hybridized carbons (Fsp3) is 0.250. The van der Waals surface area contributed by atoms with E-state index in [-0.39, 0.29) is 0 Å². The molecule has 0 unspecified atom stereocenters. The molecular formula is C8H12. The van der Waals surface area contributed by atoms with Crippen molar-refractivity contribution in [3.8, 4) is 0 Å². The van der Waals surface area contributed by atoms with Crippen LogP contribution >= 0.6 is 0 Å². The fourth-order valence-electron chi connectivity index (χ4n) is 0.337. The van der Waals surface area contributed by atoms with Gasteiger partial charge in [-0.05, 0) is 12.0 Å². The van der Waals surface area contributed by atoms with E-state index in [1.165, 1.54) is 0 Å². The molecule has 0 spiro atoms. The van der Waals surface area contributed by atoms with Gasteiger partial charge in [0.1, 0.15) is 0 Å².